The van der Waals surface area contributed by atoms with Gasteiger partial charge in [-0.2, -0.15) is 0 Å². The van der Waals surface area contributed by atoms with Gasteiger partial charge < -0.3 is 13.9 Å². The molecule has 1 aliphatic heterocycles. The molecule has 4 rings (SSSR count). The second-order valence-electron chi connectivity index (χ2n) is 7.25. The highest BCUT2D eigenvalue weighted by molar-refractivity contribution is 5.86. The molecule has 0 saturated heterocycles. The number of aryl methyl sites for hydroxylation is 2. The number of fused-ring (bicyclic) bond motifs is 2. The maximum Gasteiger partial charge on any atom is 0.339 e. The van der Waals surface area contributed by atoms with Crippen LogP contribution in [-0.2, 0) is 13.1 Å². The Morgan fingerprint density at radius 2 is 1.93 bits per heavy atom. The van der Waals surface area contributed by atoms with E-state index in [0.717, 1.165) is 46.7 Å². The molecule has 0 radical (unpaired) electrons. The van der Waals surface area contributed by atoms with E-state index in [4.69, 9.17) is 13.9 Å². The fourth-order valence-corrected chi connectivity index (χ4v) is 3.80. The lowest BCUT2D eigenvalue weighted by molar-refractivity contribution is -0.945. The van der Waals surface area contributed by atoms with Crippen molar-refractivity contribution in [3.8, 4) is 11.5 Å². The monoisotopic (exact) mass is 366 g/mol. The highest BCUT2D eigenvalue weighted by atomic mass is 16.5. The van der Waals surface area contributed by atoms with Gasteiger partial charge in [0.2, 0.25) is 6.73 Å². The quantitative estimate of drug-likeness (QED) is 0.724. The molecule has 2 heterocycles. The Morgan fingerprint density at radius 1 is 1.11 bits per heavy atom. The second-order valence-corrected chi connectivity index (χ2v) is 7.25. The van der Waals surface area contributed by atoms with E-state index in [9.17, 15) is 4.79 Å². The summed E-state index contributed by atoms with van der Waals surface area (Å²) >= 11 is 0. The van der Waals surface area contributed by atoms with E-state index >= 15 is 0 Å². The fourth-order valence-electron chi connectivity index (χ4n) is 3.80. The molecule has 1 N–H and O–H groups in total. The predicted molar refractivity (Wildman–Crippen MR) is 104 cm³/mol. The van der Waals surface area contributed by atoms with Crippen molar-refractivity contribution in [2.75, 3.05) is 13.8 Å². The van der Waals surface area contributed by atoms with Gasteiger partial charge in [-0.3, -0.25) is 4.90 Å². The van der Waals surface area contributed by atoms with Gasteiger partial charge in [-0.15, -0.1) is 0 Å². The fraction of sp³-hybridized carbons (Fsp3) is 0.318. The molecule has 0 amide bonds. The lowest BCUT2D eigenvalue weighted by Gasteiger charge is -2.28. The molecule has 5 nitrogen and oxygen atoms in total. The Kier molecular flexibility index (Phi) is 4.40. The van der Waals surface area contributed by atoms with Crippen molar-refractivity contribution >= 4 is 11.0 Å². The first-order valence-electron chi connectivity index (χ1n) is 9.13. The lowest BCUT2D eigenvalue weighted by atomic mass is 9.99. The summed E-state index contributed by atoms with van der Waals surface area (Å²) in [7, 11) is 1.68. The van der Waals surface area contributed by atoms with Gasteiger partial charge in [-0.05, 0) is 44.5 Å². The molecule has 0 aliphatic carbocycles. The first-order chi connectivity index (χ1) is 13.0. The van der Waals surface area contributed by atoms with Crippen molar-refractivity contribution in [1.29, 1.82) is 0 Å². The number of nitrogens with one attached hydrogen (secondary N) is 1. The average Bonchev–Trinajstić information content (AvgIpc) is 2.67. The summed E-state index contributed by atoms with van der Waals surface area (Å²) in [6.07, 6.45) is 0. The molecular formula is C22H24NO4+. The number of methoxy groups -OCH3 is 1. The summed E-state index contributed by atoms with van der Waals surface area (Å²) in [5, 5.41) is 0.995. The van der Waals surface area contributed by atoms with Gasteiger partial charge in [0.05, 0.1) is 7.11 Å². The minimum absolute atomic E-state index is 0.274. The highest BCUT2D eigenvalue weighted by Crippen LogP contribution is 2.33. The topological polar surface area (TPSA) is 53.1 Å². The van der Waals surface area contributed by atoms with Gasteiger partial charge in [0.15, 0.2) is 0 Å². The van der Waals surface area contributed by atoms with Crippen LogP contribution in [0.4, 0.5) is 0 Å². The Morgan fingerprint density at radius 3 is 2.70 bits per heavy atom. The van der Waals surface area contributed by atoms with Crippen molar-refractivity contribution in [1.82, 2.24) is 0 Å². The molecule has 140 valence electrons. The maximum atomic E-state index is 12.1. The molecule has 1 unspecified atom stereocenters. The van der Waals surface area contributed by atoms with Crippen molar-refractivity contribution in [3.05, 3.63) is 68.6 Å². The zero-order chi connectivity index (χ0) is 19.1. The van der Waals surface area contributed by atoms with Gasteiger partial charge in [-0.25, -0.2) is 4.79 Å². The minimum atomic E-state index is -0.274. The van der Waals surface area contributed by atoms with Crippen molar-refractivity contribution in [3.63, 3.8) is 0 Å². The van der Waals surface area contributed by atoms with E-state index in [1.165, 1.54) is 10.5 Å². The Hall–Kier alpha value is -2.79. The van der Waals surface area contributed by atoms with Gasteiger partial charge in [-0.1, -0.05) is 12.1 Å². The Labute approximate surface area is 158 Å². The van der Waals surface area contributed by atoms with E-state index < -0.39 is 0 Å². The molecule has 0 fully saturated rings. The van der Waals surface area contributed by atoms with Crippen LogP contribution in [0.2, 0.25) is 0 Å². The zero-order valence-electron chi connectivity index (χ0n) is 16.1. The summed E-state index contributed by atoms with van der Waals surface area (Å²) in [5.74, 6) is 1.72. The number of rotatable bonds is 3. The summed E-state index contributed by atoms with van der Waals surface area (Å²) in [5.41, 5.74) is 5.28. The molecule has 5 heteroatoms. The van der Waals surface area contributed by atoms with E-state index in [0.29, 0.717) is 17.9 Å². The predicted octanol–water partition coefficient (Wildman–Crippen LogP) is 2.66. The van der Waals surface area contributed by atoms with E-state index in [1.54, 1.807) is 7.11 Å². The first kappa shape index (κ1) is 17.6. The molecule has 27 heavy (non-hydrogen) atoms. The first-order valence-corrected chi connectivity index (χ1v) is 9.13. The molecule has 1 aliphatic rings. The summed E-state index contributed by atoms with van der Waals surface area (Å²) in [4.78, 5) is 13.4. The van der Waals surface area contributed by atoms with Crippen LogP contribution in [0.3, 0.4) is 0 Å². The third-order valence-electron chi connectivity index (χ3n) is 5.45. The van der Waals surface area contributed by atoms with Crippen LogP contribution in [0.5, 0.6) is 11.5 Å². The van der Waals surface area contributed by atoms with Gasteiger partial charge in [0.1, 0.15) is 30.2 Å². The molecular weight excluding hydrogens is 342 g/mol. The number of hydrogen-bond donors (Lipinski definition) is 1. The molecule has 0 spiro atoms. The van der Waals surface area contributed by atoms with E-state index in [1.807, 2.05) is 32.9 Å². The summed E-state index contributed by atoms with van der Waals surface area (Å²) < 4.78 is 17.0. The van der Waals surface area contributed by atoms with E-state index in [-0.39, 0.29) is 5.63 Å². The van der Waals surface area contributed by atoms with Crippen molar-refractivity contribution < 1.29 is 18.8 Å². The number of ether oxygens (including phenoxy) is 2. The SMILES string of the molecule is COc1cccc(C[NH+]2COc3c(cc4c(C)c(C)c(=O)oc4c3C)C2)c1. The van der Waals surface area contributed by atoms with Crippen LogP contribution >= 0.6 is 0 Å². The Bertz CT molecular complexity index is 1080. The molecule has 1 atom stereocenters. The van der Waals surface area contributed by atoms with Crippen molar-refractivity contribution in [2.45, 2.75) is 33.9 Å². The highest BCUT2D eigenvalue weighted by Gasteiger charge is 2.25. The normalized spacial score (nSPS) is 16.1. The van der Waals surface area contributed by atoms with Crippen LogP contribution in [0.25, 0.3) is 11.0 Å². The minimum Gasteiger partial charge on any atom is -0.497 e. The van der Waals surface area contributed by atoms with Crippen LogP contribution in [0.1, 0.15) is 27.8 Å². The summed E-state index contributed by atoms with van der Waals surface area (Å²) in [6.45, 7) is 8.05. The molecule has 2 aromatic carbocycles. The van der Waals surface area contributed by atoms with Crippen LogP contribution in [0.15, 0.2) is 39.5 Å². The maximum absolute atomic E-state index is 12.1. The van der Waals surface area contributed by atoms with Gasteiger partial charge >= 0.3 is 5.63 Å². The number of quaternary nitrogens is 1. The van der Waals surface area contributed by atoms with Gasteiger partial charge in [0, 0.05) is 27.6 Å². The largest absolute Gasteiger partial charge is 0.497 e. The van der Waals surface area contributed by atoms with Crippen LogP contribution < -0.4 is 20.0 Å². The van der Waals surface area contributed by atoms with Crippen molar-refractivity contribution in [2.24, 2.45) is 0 Å². The zero-order valence-corrected chi connectivity index (χ0v) is 16.1. The standard InChI is InChI=1S/C22H23NO4/c1-13-14(2)22(24)27-21-15(3)20-17(9-19(13)21)11-23(12-26-20)10-16-6-5-7-18(8-16)25-4/h5-9H,10-12H2,1-4H3/p+1. The Balaban J connectivity index is 1.69. The molecule has 0 saturated carbocycles. The van der Waals surface area contributed by atoms with Crippen LogP contribution in [-0.4, -0.2) is 13.8 Å². The summed E-state index contributed by atoms with van der Waals surface area (Å²) in [6, 6.07) is 10.3. The van der Waals surface area contributed by atoms with Gasteiger partial charge in [0.25, 0.3) is 0 Å². The third-order valence-corrected chi connectivity index (χ3v) is 5.45. The van der Waals surface area contributed by atoms with E-state index in [2.05, 4.69) is 18.2 Å². The number of benzene rings is 2. The molecule has 3 aromatic rings. The molecule has 1 aromatic heterocycles. The molecule has 0 bridgehead atoms. The average molecular weight is 366 g/mol. The van der Waals surface area contributed by atoms with Crippen LogP contribution in [0, 0.1) is 20.8 Å². The lowest BCUT2D eigenvalue weighted by Crippen LogP contribution is -3.10. The number of hydrogen-bond acceptors (Lipinski definition) is 4. The third kappa shape index (κ3) is 3.08. The smallest absolute Gasteiger partial charge is 0.339 e. The second kappa shape index (κ2) is 6.74.